The summed E-state index contributed by atoms with van der Waals surface area (Å²) in [6.07, 6.45) is -8.83. The number of carbonyl (C=O) groups excluding carboxylic acids is 2. The Hall–Kier alpha value is -7.86. The lowest BCUT2D eigenvalue weighted by molar-refractivity contribution is -0.382. The average Bonchev–Trinajstić information content (AvgIpc) is 0.720. The van der Waals surface area contributed by atoms with Crippen molar-refractivity contribution in [2.75, 3.05) is 26.9 Å². The highest BCUT2D eigenvalue weighted by molar-refractivity contribution is 5.81. The molecule has 8 aromatic rings. The molecule has 0 spiro atoms. The molecule has 3 saturated heterocycles. The second-order valence-corrected chi connectivity index (χ2v) is 26.8. The number of unbranched alkanes of at least 4 members (excludes halogenated alkanes) is 5. The third kappa shape index (κ3) is 24.6. The Kier molecular flexibility index (Phi) is 32.1. The molecule has 105 heavy (non-hydrogen) atoms. The van der Waals surface area contributed by atoms with Crippen molar-refractivity contribution in [3.63, 3.8) is 0 Å². The number of esters is 1. The molecule has 3 aliphatic heterocycles. The monoisotopic (exact) mass is 1430 g/mol. The van der Waals surface area contributed by atoms with E-state index in [1.807, 2.05) is 243 Å². The molecule has 0 aromatic heterocycles. The van der Waals surface area contributed by atoms with Crippen LogP contribution in [0.3, 0.4) is 0 Å². The number of hydrogen-bond acceptors (Lipinski definition) is 17. The zero-order chi connectivity index (χ0) is 72.5. The van der Waals surface area contributed by atoms with E-state index in [4.69, 9.17) is 71.1 Å². The number of rotatable bonds is 42. The van der Waals surface area contributed by atoms with Gasteiger partial charge in [0.1, 0.15) is 61.0 Å². The first-order chi connectivity index (χ1) is 51.7. The van der Waals surface area contributed by atoms with Crippen molar-refractivity contribution in [3.05, 3.63) is 287 Å². The van der Waals surface area contributed by atoms with Gasteiger partial charge in [0, 0.05) is 20.1 Å². The van der Waals surface area contributed by atoms with Gasteiger partial charge in [-0.25, -0.2) is 0 Å². The predicted molar refractivity (Wildman–Crippen MR) is 396 cm³/mol. The van der Waals surface area contributed by atoms with Crippen LogP contribution >= 0.6 is 0 Å². The number of amides is 1. The molecule has 11 rings (SSSR count). The molecular formula is C87H103NO17. The van der Waals surface area contributed by atoms with Crippen molar-refractivity contribution in [2.45, 2.75) is 210 Å². The minimum atomic E-state index is -1.31. The van der Waals surface area contributed by atoms with Gasteiger partial charge < -0.3 is 76.4 Å². The van der Waals surface area contributed by atoms with Gasteiger partial charge in [0.05, 0.1) is 78.6 Å². The fraction of sp³-hybridized carbons (Fsp3) is 0.425. The second kappa shape index (κ2) is 43.1. The summed E-state index contributed by atoms with van der Waals surface area (Å²) in [5, 5.41) is 2.59. The maximum absolute atomic E-state index is 13.9. The summed E-state index contributed by atoms with van der Waals surface area (Å²) in [6.45, 7) is 5.55. The minimum Gasteiger partial charge on any atom is -0.457 e. The van der Waals surface area contributed by atoms with Crippen LogP contribution in [0.2, 0.25) is 0 Å². The maximum Gasteiger partial charge on any atom is 0.306 e. The van der Waals surface area contributed by atoms with Crippen LogP contribution in [0.25, 0.3) is 0 Å². The van der Waals surface area contributed by atoms with Crippen molar-refractivity contribution in [1.29, 1.82) is 0 Å². The number of benzene rings is 8. The van der Waals surface area contributed by atoms with E-state index in [1.165, 1.54) is 13.5 Å². The molecule has 0 aliphatic carbocycles. The van der Waals surface area contributed by atoms with Crippen LogP contribution in [0.4, 0.5) is 0 Å². The van der Waals surface area contributed by atoms with Crippen molar-refractivity contribution in [2.24, 2.45) is 0 Å². The number of hydrogen-bond donors (Lipinski definition) is 1. The van der Waals surface area contributed by atoms with Crippen molar-refractivity contribution in [1.82, 2.24) is 5.32 Å². The lowest BCUT2D eigenvalue weighted by atomic mass is 9.95. The van der Waals surface area contributed by atoms with Gasteiger partial charge in [0.25, 0.3) is 0 Å². The quantitative estimate of drug-likeness (QED) is 0.0281. The number of carbonyl (C=O) groups is 2. The molecule has 1 N–H and O–H groups in total. The van der Waals surface area contributed by atoms with Crippen molar-refractivity contribution >= 4 is 11.9 Å². The molecular weight excluding hydrogens is 1330 g/mol. The third-order valence-corrected chi connectivity index (χ3v) is 18.9. The molecule has 18 heteroatoms. The Labute approximate surface area is 619 Å². The van der Waals surface area contributed by atoms with Gasteiger partial charge in [-0.2, -0.15) is 0 Å². The molecule has 1 amide bonds. The van der Waals surface area contributed by atoms with Gasteiger partial charge in [-0.1, -0.05) is 282 Å². The van der Waals surface area contributed by atoms with E-state index in [0.717, 1.165) is 76.6 Å². The van der Waals surface area contributed by atoms with Gasteiger partial charge in [-0.15, -0.1) is 0 Å². The lowest BCUT2D eigenvalue weighted by Crippen LogP contribution is -2.67. The first-order valence-corrected chi connectivity index (χ1v) is 37.2. The first kappa shape index (κ1) is 78.2. The van der Waals surface area contributed by atoms with Crippen LogP contribution in [0, 0.1) is 0 Å². The van der Waals surface area contributed by atoms with Gasteiger partial charge >= 0.3 is 5.97 Å². The van der Waals surface area contributed by atoms with E-state index in [1.54, 1.807) is 6.92 Å². The molecule has 0 bridgehead atoms. The molecule has 8 aromatic carbocycles. The van der Waals surface area contributed by atoms with Gasteiger partial charge in [0.15, 0.2) is 25.0 Å². The lowest BCUT2D eigenvalue weighted by Gasteiger charge is -2.50. The zero-order valence-electron chi connectivity index (χ0n) is 60.6. The molecule has 18 nitrogen and oxygen atoms in total. The normalized spacial score (nSPS) is 24.6. The van der Waals surface area contributed by atoms with E-state index in [2.05, 4.69) is 12.2 Å². The van der Waals surface area contributed by atoms with Crippen LogP contribution in [0.5, 0.6) is 0 Å². The van der Waals surface area contributed by atoms with Crippen LogP contribution in [-0.4, -0.2) is 131 Å². The summed E-state index contributed by atoms with van der Waals surface area (Å²) in [5.41, 5.74) is 7.29. The zero-order valence-corrected chi connectivity index (χ0v) is 60.6. The van der Waals surface area contributed by atoms with Crippen LogP contribution in [-0.2, 0) is 133 Å². The Morgan fingerprint density at radius 2 is 0.667 bits per heavy atom. The molecule has 15 atom stereocenters. The Balaban J connectivity index is 1.01. The summed E-state index contributed by atoms with van der Waals surface area (Å²) < 4.78 is 107. The molecule has 0 saturated carbocycles. The SMILES string of the molecule is CCCCCCCCO[C@@H]1OC(COCc2ccccc2)[C@@H](O[C@@H]2O[C@@H](CO[C@@H]3OC(C)[C@@H](OC(=O)CCC(=O)NC)[C@H](OCc4ccccc4)C3OCc3ccccc3)[C@H](OCc3ccccc3)C(OCc3ccccc3)C2OCc2ccccc2)[C@@H](OCc2ccccc2)C1OCc1ccccc1. The van der Waals surface area contributed by atoms with Crippen LogP contribution in [0.1, 0.15) is 110 Å². The number of ether oxygens (including phenoxy) is 15. The highest BCUT2D eigenvalue weighted by Crippen LogP contribution is 2.39. The summed E-state index contributed by atoms with van der Waals surface area (Å²) in [6, 6.07) is 79.3. The van der Waals surface area contributed by atoms with Gasteiger partial charge in [0.2, 0.25) is 5.91 Å². The van der Waals surface area contributed by atoms with E-state index in [0.29, 0.717) is 6.61 Å². The van der Waals surface area contributed by atoms with Crippen LogP contribution < -0.4 is 5.32 Å². The highest BCUT2D eigenvalue weighted by atomic mass is 16.8. The molecule has 3 aliphatic rings. The van der Waals surface area contributed by atoms with Crippen molar-refractivity contribution < 1.29 is 80.6 Å². The van der Waals surface area contributed by atoms with E-state index < -0.39 is 98.1 Å². The molecule has 6 unspecified atom stereocenters. The third-order valence-electron chi connectivity index (χ3n) is 18.9. The standard InChI is InChI=1S/C87H103NO17/c1-4-5-6-7-8-33-52-92-85-83(98-59-70-46-29-15-30-47-70)81(96-57-68-42-25-13-26-43-68)78(72(102-85)61-91-53-64-34-17-9-18-35-64)105-87-84(99-60-71-48-31-16-32-49-71)80(95-56-67-40-23-12-24-41-67)77(93-54-65-36-19-10-20-37-65)73(103-87)62-100-86-82(97-58-69-44-27-14-28-45-69)79(94-55-66-38-21-11-22-39-66)76(63(2)101-86)104-75(90)51-50-74(89)88-3/h9-32,34-49,63,72-73,76-87H,4-8,33,50-62H2,1-3H3,(H,88,89)/t63?,72?,73-,76+,77-,78+,79-,80?,81+,82?,83?,84?,85+,86+,87-/m0/s1. The molecule has 558 valence electrons. The summed E-state index contributed by atoms with van der Waals surface area (Å²) in [4.78, 5) is 26.4. The van der Waals surface area contributed by atoms with Gasteiger partial charge in [-0.05, 0) is 57.9 Å². The van der Waals surface area contributed by atoms with Crippen molar-refractivity contribution in [3.8, 4) is 0 Å². The molecule has 0 radical (unpaired) electrons. The summed E-state index contributed by atoms with van der Waals surface area (Å²) in [7, 11) is 1.53. The molecule has 3 heterocycles. The fourth-order valence-electron chi connectivity index (χ4n) is 13.2. The average molecular weight is 1430 g/mol. The minimum absolute atomic E-state index is 0.0397. The largest absolute Gasteiger partial charge is 0.457 e. The summed E-state index contributed by atoms with van der Waals surface area (Å²) >= 11 is 0. The Morgan fingerprint density at radius 1 is 0.333 bits per heavy atom. The fourth-order valence-corrected chi connectivity index (χ4v) is 13.2. The smallest absolute Gasteiger partial charge is 0.306 e. The number of nitrogens with one attached hydrogen (secondary N) is 1. The first-order valence-electron chi connectivity index (χ1n) is 37.2. The maximum atomic E-state index is 13.9. The predicted octanol–water partition coefficient (Wildman–Crippen LogP) is 14.7. The van der Waals surface area contributed by atoms with Crippen LogP contribution in [0.15, 0.2) is 243 Å². The topological polar surface area (TPSA) is 185 Å². The highest BCUT2D eigenvalue weighted by Gasteiger charge is 2.56. The van der Waals surface area contributed by atoms with Gasteiger partial charge in [-0.3, -0.25) is 9.59 Å². The Morgan fingerprint density at radius 3 is 1.09 bits per heavy atom. The molecule has 3 fully saturated rings. The Bertz CT molecular complexity index is 3670. The van der Waals surface area contributed by atoms with E-state index in [-0.39, 0.29) is 84.8 Å². The van der Waals surface area contributed by atoms with E-state index in [9.17, 15) is 9.59 Å². The van der Waals surface area contributed by atoms with E-state index >= 15 is 0 Å². The summed E-state index contributed by atoms with van der Waals surface area (Å²) in [5.74, 6) is -0.907. The second-order valence-electron chi connectivity index (χ2n) is 26.8.